The molecular weight excluding hydrogens is 198 g/mol. The van der Waals surface area contributed by atoms with Gasteiger partial charge in [0.25, 0.3) is 0 Å². The minimum atomic E-state index is 0.855. The van der Waals surface area contributed by atoms with E-state index in [1.807, 2.05) is 12.1 Å². The first-order valence-corrected chi connectivity index (χ1v) is 5.28. The van der Waals surface area contributed by atoms with Crippen molar-refractivity contribution in [3.8, 4) is 0 Å². The number of fused-ring (bicyclic) bond motifs is 1. The van der Waals surface area contributed by atoms with Crippen LogP contribution in [-0.4, -0.2) is 4.98 Å². The average molecular weight is 209 g/mol. The highest BCUT2D eigenvalue weighted by Crippen LogP contribution is 2.16. The Balaban J connectivity index is 1.94. The smallest absolute Gasteiger partial charge is 0.181 e. The van der Waals surface area contributed by atoms with E-state index in [1.54, 1.807) is 0 Å². The maximum Gasteiger partial charge on any atom is 0.181 e. The highest BCUT2D eigenvalue weighted by atomic mass is 16.3. The summed E-state index contributed by atoms with van der Waals surface area (Å²) in [6, 6.07) is 16.5. The van der Waals surface area contributed by atoms with Crippen LogP contribution in [0, 0.1) is 0 Å². The topological polar surface area (TPSA) is 26.0 Å². The molecule has 0 bridgehead atoms. The van der Waals surface area contributed by atoms with Gasteiger partial charge in [-0.05, 0) is 29.7 Å². The minimum absolute atomic E-state index is 0.855. The summed E-state index contributed by atoms with van der Waals surface area (Å²) in [7, 11) is 0. The van der Waals surface area contributed by atoms with E-state index < -0.39 is 0 Å². The molecule has 0 fully saturated rings. The Morgan fingerprint density at radius 3 is 2.69 bits per heavy atom. The zero-order valence-electron chi connectivity index (χ0n) is 8.76. The first-order chi connectivity index (χ1) is 7.92. The Labute approximate surface area is 93.5 Å². The lowest BCUT2D eigenvalue weighted by Gasteiger charge is -2.00. The molecule has 0 N–H and O–H groups in total. The molecule has 0 radical (unpaired) electrons. The predicted octanol–water partition coefficient (Wildman–Crippen LogP) is 3.42. The quantitative estimate of drug-likeness (QED) is 0.646. The summed E-state index contributed by atoms with van der Waals surface area (Å²) in [6.07, 6.45) is 2.41. The molecule has 0 unspecified atom stereocenters. The number of rotatable bonds is 2. The lowest BCUT2D eigenvalue weighted by atomic mass is 10.1. The Morgan fingerprint density at radius 1 is 0.938 bits per heavy atom. The Morgan fingerprint density at radius 2 is 1.81 bits per heavy atom. The average Bonchev–Trinajstić information content (AvgIpc) is 2.77. The van der Waals surface area contributed by atoms with Gasteiger partial charge in [-0.25, -0.2) is 4.98 Å². The van der Waals surface area contributed by atoms with E-state index in [4.69, 9.17) is 4.42 Å². The molecule has 16 heavy (non-hydrogen) atoms. The Hall–Kier alpha value is -2.09. The standard InChI is InChI=1S/C14H11NO/c1-2-4-11(5-3-1)8-12-6-7-13-14(9-12)16-10-15-13/h1-7,9-10H,8H2. The van der Waals surface area contributed by atoms with Crippen LogP contribution in [0.4, 0.5) is 0 Å². The molecule has 2 nitrogen and oxygen atoms in total. The molecule has 3 rings (SSSR count). The summed E-state index contributed by atoms with van der Waals surface area (Å²) in [5.74, 6) is 0. The first kappa shape index (κ1) is 9.16. The van der Waals surface area contributed by atoms with Crippen molar-refractivity contribution >= 4 is 11.1 Å². The number of benzene rings is 2. The second-order valence-corrected chi connectivity index (χ2v) is 3.82. The largest absolute Gasteiger partial charge is 0.443 e. The number of nitrogens with zero attached hydrogens (tertiary/aromatic N) is 1. The molecule has 0 saturated heterocycles. The Kier molecular flexibility index (Phi) is 2.18. The van der Waals surface area contributed by atoms with Gasteiger partial charge in [0.1, 0.15) is 5.52 Å². The lowest BCUT2D eigenvalue weighted by Crippen LogP contribution is -1.86. The van der Waals surface area contributed by atoms with Gasteiger partial charge in [0.2, 0.25) is 0 Å². The first-order valence-electron chi connectivity index (χ1n) is 5.28. The Bertz CT molecular complexity index is 598. The fraction of sp³-hybridized carbons (Fsp3) is 0.0714. The maximum atomic E-state index is 5.29. The molecule has 0 amide bonds. The van der Waals surface area contributed by atoms with Crippen LogP contribution in [0.5, 0.6) is 0 Å². The van der Waals surface area contributed by atoms with E-state index in [9.17, 15) is 0 Å². The molecule has 0 aliphatic carbocycles. The maximum absolute atomic E-state index is 5.29. The fourth-order valence-corrected chi connectivity index (χ4v) is 1.84. The molecule has 1 aromatic heterocycles. The normalized spacial score (nSPS) is 10.8. The van der Waals surface area contributed by atoms with Gasteiger partial charge in [-0.2, -0.15) is 0 Å². The van der Waals surface area contributed by atoms with Crippen molar-refractivity contribution < 1.29 is 4.42 Å². The fourth-order valence-electron chi connectivity index (χ4n) is 1.84. The number of hydrogen-bond donors (Lipinski definition) is 0. The van der Waals surface area contributed by atoms with Crippen molar-refractivity contribution in [2.45, 2.75) is 6.42 Å². The highest BCUT2D eigenvalue weighted by Gasteiger charge is 2.00. The molecule has 0 saturated carbocycles. The van der Waals surface area contributed by atoms with Crippen LogP contribution in [-0.2, 0) is 6.42 Å². The second kappa shape index (κ2) is 3.81. The van der Waals surface area contributed by atoms with Gasteiger partial charge in [-0.3, -0.25) is 0 Å². The molecule has 2 aromatic carbocycles. The zero-order chi connectivity index (χ0) is 10.8. The van der Waals surface area contributed by atoms with Crippen LogP contribution in [0.15, 0.2) is 59.3 Å². The van der Waals surface area contributed by atoms with Crippen LogP contribution < -0.4 is 0 Å². The number of aromatic nitrogens is 1. The molecular formula is C14H11NO. The van der Waals surface area contributed by atoms with E-state index in [0.717, 1.165) is 17.5 Å². The van der Waals surface area contributed by atoms with E-state index >= 15 is 0 Å². The van der Waals surface area contributed by atoms with E-state index in [0.29, 0.717) is 0 Å². The molecule has 78 valence electrons. The van der Waals surface area contributed by atoms with Gasteiger partial charge < -0.3 is 4.42 Å². The summed E-state index contributed by atoms with van der Waals surface area (Å²) in [6.45, 7) is 0. The molecule has 1 heterocycles. The van der Waals surface area contributed by atoms with Crippen molar-refractivity contribution in [1.29, 1.82) is 0 Å². The highest BCUT2D eigenvalue weighted by molar-refractivity contribution is 5.72. The molecule has 2 heteroatoms. The van der Waals surface area contributed by atoms with Crippen LogP contribution in [0.25, 0.3) is 11.1 Å². The van der Waals surface area contributed by atoms with Crippen molar-refractivity contribution in [3.05, 3.63) is 66.1 Å². The van der Waals surface area contributed by atoms with Crippen LogP contribution in [0.2, 0.25) is 0 Å². The third-order valence-corrected chi connectivity index (χ3v) is 2.65. The molecule has 0 spiro atoms. The van der Waals surface area contributed by atoms with Crippen molar-refractivity contribution in [1.82, 2.24) is 4.98 Å². The van der Waals surface area contributed by atoms with Crippen molar-refractivity contribution in [2.75, 3.05) is 0 Å². The van der Waals surface area contributed by atoms with Gasteiger partial charge in [0.05, 0.1) is 0 Å². The van der Waals surface area contributed by atoms with Gasteiger partial charge in [0.15, 0.2) is 12.0 Å². The number of oxazole rings is 1. The number of hydrogen-bond acceptors (Lipinski definition) is 2. The van der Waals surface area contributed by atoms with Gasteiger partial charge in [-0.1, -0.05) is 36.4 Å². The predicted molar refractivity (Wildman–Crippen MR) is 63.3 cm³/mol. The second-order valence-electron chi connectivity index (χ2n) is 3.82. The van der Waals surface area contributed by atoms with Gasteiger partial charge in [-0.15, -0.1) is 0 Å². The summed E-state index contributed by atoms with van der Waals surface area (Å²) in [5, 5.41) is 0. The van der Waals surface area contributed by atoms with Crippen LogP contribution in [0.3, 0.4) is 0 Å². The van der Waals surface area contributed by atoms with Gasteiger partial charge in [0, 0.05) is 0 Å². The molecule has 0 atom stereocenters. The minimum Gasteiger partial charge on any atom is -0.443 e. The van der Waals surface area contributed by atoms with E-state index in [2.05, 4.69) is 41.4 Å². The van der Waals surface area contributed by atoms with E-state index in [-0.39, 0.29) is 0 Å². The summed E-state index contributed by atoms with van der Waals surface area (Å²) >= 11 is 0. The molecule has 0 aliphatic heterocycles. The van der Waals surface area contributed by atoms with Crippen molar-refractivity contribution in [2.24, 2.45) is 0 Å². The monoisotopic (exact) mass is 209 g/mol. The van der Waals surface area contributed by atoms with Gasteiger partial charge >= 0.3 is 0 Å². The summed E-state index contributed by atoms with van der Waals surface area (Å²) < 4.78 is 5.29. The third-order valence-electron chi connectivity index (χ3n) is 2.65. The molecule has 3 aromatic rings. The van der Waals surface area contributed by atoms with Crippen LogP contribution in [0.1, 0.15) is 11.1 Å². The van der Waals surface area contributed by atoms with E-state index in [1.165, 1.54) is 17.5 Å². The summed E-state index contributed by atoms with van der Waals surface area (Å²) in [4.78, 5) is 4.10. The molecule has 0 aliphatic rings. The van der Waals surface area contributed by atoms with Crippen molar-refractivity contribution in [3.63, 3.8) is 0 Å². The van der Waals surface area contributed by atoms with Crippen LogP contribution >= 0.6 is 0 Å². The zero-order valence-corrected chi connectivity index (χ0v) is 8.76. The lowest BCUT2D eigenvalue weighted by molar-refractivity contribution is 0.602. The third kappa shape index (κ3) is 1.70. The SMILES string of the molecule is c1ccc(Cc2ccc3ncoc3c2)cc1. The summed E-state index contributed by atoms with van der Waals surface area (Å²) in [5.41, 5.74) is 4.32.